The molecule has 11 heteroatoms. The molecule has 1 fully saturated rings. The van der Waals surface area contributed by atoms with Gasteiger partial charge in [0.05, 0.1) is 17.4 Å². The lowest BCUT2D eigenvalue weighted by Crippen LogP contribution is -2.31. The minimum Gasteiger partial charge on any atom is -0.466 e. The maximum atomic E-state index is 15.6. The molecule has 0 bridgehead atoms. The van der Waals surface area contributed by atoms with Crippen molar-refractivity contribution >= 4 is 28.9 Å². The minimum absolute atomic E-state index is 0.182. The maximum absolute atomic E-state index is 15.6. The number of rotatable bonds is 6. The molecule has 180 valence electrons. The molecule has 0 atom stereocenters. The van der Waals surface area contributed by atoms with Crippen molar-refractivity contribution in [1.82, 2.24) is 15.0 Å². The number of esters is 1. The van der Waals surface area contributed by atoms with Crippen molar-refractivity contribution in [2.24, 2.45) is 5.92 Å². The van der Waals surface area contributed by atoms with Gasteiger partial charge in [-0.1, -0.05) is 12.1 Å². The summed E-state index contributed by atoms with van der Waals surface area (Å²) >= 11 is 1.22. The van der Waals surface area contributed by atoms with Gasteiger partial charge in [-0.25, -0.2) is 19.3 Å². The quantitative estimate of drug-likeness (QED) is 0.321. The van der Waals surface area contributed by atoms with Crippen LogP contribution >= 0.6 is 11.3 Å². The number of ether oxygens (including phenoxy) is 1. The SMILES string of the molecule is CCOC(=O)C1CCC(F)(c2ncc(-c3cccc(Nc4nccc(C(F)(F)F)n4)c3)s2)CC1. The standard InChI is InChI=1S/C23H22F4N4O2S/c1-2-33-19(32)14-6-9-22(24,10-7-14)20-29-13-17(34-20)15-4-3-5-16(12-15)30-21-28-11-8-18(31-21)23(25,26)27/h3-5,8,11-14H,2,6-7,9-10H2,1H3,(H,28,30,31). The fourth-order valence-corrected chi connectivity index (χ4v) is 4.91. The van der Waals surface area contributed by atoms with Crippen LogP contribution in [0.15, 0.2) is 42.7 Å². The predicted molar refractivity (Wildman–Crippen MR) is 119 cm³/mol. The van der Waals surface area contributed by atoms with Crippen molar-refractivity contribution in [2.45, 2.75) is 44.5 Å². The highest BCUT2D eigenvalue weighted by molar-refractivity contribution is 7.15. The Bertz CT molecular complexity index is 1160. The van der Waals surface area contributed by atoms with Crippen molar-refractivity contribution in [3.05, 3.63) is 53.4 Å². The molecule has 6 nitrogen and oxygen atoms in total. The molecule has 2 aromatic heterocycles. The molecular weight excluding hydrogens is 472 g/mol. The summed E-state index contributed by atoms with van der Waals surface area (Å²) in [6, 6.07) is 7.71. The number of carbonyl (C=O) groups excluding carboxylic acids is 1. The van der Waals surface area contributed by atoms with E-state index in [0.29, 0.717) is 35.0 Å². The summed E-state index contributed by atoms with van der Waals surface area (Å²) in [5, 5.41) is 3.13. The first-order chi connectivity index (χ1) is 16.2. The zero-order chi connectivity index (χ0) is 24.3. The van der Waals surface area contributed by atoms with Crippen LogP contribution in [0.2, 0.25) is 0 Å². The molecule has 0 unspecified atom stereocenters. The second-order valence-corrected chi connectivity index (χ2v) is 9.02. The molecule has 1 saturated carbocycles. The largest absolute Gasteiger partial charge is 0.466 e. The number of carbonyl (C=O) groups is 1. The first-order valence-corrected chi connectivity index (χ1v) is 11.6. The molecule has 0 spiro atoms. The molecular formula is C23H22F4N4O2S. The van der Waals surface area contributed by atoms with Gasteiger partial charge in [0.25, 0.3) is 0 Å². The smallest absolute Gasteiger partial charge is 0.433 e. The van der Waals surface area contributed by atoms with Gasteiger partial charge in [0, 0.05) is 18.1 Å². The lowest BCUT2D eigenvalue weighted by atomic mass is 9.80. The molecule has 0 amide bonds. The van der Waals surface area contributed by atoms with Gasteiger partial charge in [-0.3, -0.25) is 4.79 Å². The second kappa shape index (κ2) is 9.65. The van der Waals surface area contributed by atoms with Gasteiger partial charge in [0.15, 0.2) is 5.67 Å². The monoisotopic (exact) mass is 494 g/mol. The Morgan fingerprint density at radius 3 is 2.71 bits per heavy atom. The lowest BCUT2D eigenvalue weighted by molar-refractivity contribution is -0.150. The Hall–Kier alpha value is -3.08. The Morgan fingerprint density at radius 2 is 2.00 bits per heavy atom. The van der Waals surface area contributed by atoms with E-state index in [0.717, 1.165) is 17.8 Å². The van der Waals surface area contributed by atoms with Crippen LogP contribution in [-0.4, -0.2) is 27.5 Å². The third kappa shape index (κ3) is 5.35. The number of alkyl halides is 4. The topological polar surface area (TPSA) is 77.0 Å². The molecule has 4 rings (SSSR count). The van der Waals surface area contributed by atoms with E-state index in [-0.39, 0.29) is 30.7 Å². The zero-order valence-electron chi connectivity index (χ0n) is 18.2. The van der Waals surface area contributed by atoms with Crippen molar-refractivity contribution in [2.75, 3.05) is 11.9 Å². The van der Waals surface area contributed by atoms with Crippen molar-refractivity contribution < 1.29 is 27.1 Å². The zero-order valence-corrected chi connectivity index (χ0v) is 19.0. The van der Waals surface area contributed by atoms with Crippen LogP contribution in [0.3, 0.4) is 0 Å². The van der Waals surface area contributed by atoms with Crippen molar-refractivity contribution in [3.8, 4) is 10.4 Å². The highest BCUT2D eigenvalue weighted by Gasteiger charge is 2.41. The fraction of sp³-hybridized carbons (Fsp3) is 0.391. The van der Waals surface area contributed by atoms with Crippen LogP contribution in [0.1, 0.15) is 43.3 Å². The highest BCUT2D eigenvalue weighted by atomic mass is 32.1. The Morgan fingerprint density at radius 1 is 1.24 bits per heavy atom. The van der Waals surface area contributed by atoms with E-state index < -0.39 is 17.5 Å². The van der Waals surface area contributed by atoms with Gasteiger partial charge >= 0.3 is 12.1 Å². The summed E-state index contributed by atoms with van der Waals surface area (Å²) in [7, 11) is 0. The first kappa shape index (κ1) is 24.1. The van der Waals surface area contributed by atoms with Gasteiger partial charge in [0.1, 0.15) is 10.7 Å². The number of aromatic nitrogens is 3. The number of hydrogen-bond donors (Lipinski definition) is 1. The number of nitrogens with one attached hydrogen (secondary N) is 1. The normalized spacial score (nSPS) is 20.7. The van der Waals surface area contributed by atoms with E-state index in [1.807, 2.05) is 0 Å². The van der Waals surface area contributed by atoms with Gasteiger partial charge in [-0.05, 0) is 56.4 Å². The third-order valence-electron chi connectivity index (χ3n) is 5.64. The molecule has 3 aromatic rings. The fourth-order valence-electron chi connectivity index (χ4n) is 3.86. The lowest BCUT2D eigenvalue weighted by Gasteiger charge is -2.31. The Balaban J connectivity index is 1.47. The van der Waals surface area contributed by atoms with E-state index >= 15 is 4.39 Å². The van der Waals surface area contributed by atoms with E-state index in [9.17, 15) is 18.0 Å². The molecule has 0 aliphatic heterocycles. The summed E-state index contributed by atoms with van der Waals surface area (Å²) in [4.78, 5) is 24.3. The van der Waals surface area contributed by atoms with Gasteiger partial charge in [0.2, 0.25) is 5.95 Å². The van der Waals surface area contributed by atoms with Crippen LogP contribution in [0, 0.1) is 5.92 Å². The number of anilines is 2. The minimum atomic E-state index is -4.57. The van der Waals surface area contributed by atoms with Crippen LogP contribution < -0.4 is 5.32 Å². The number of benzene rings is 1. The predicted octanol–water partition coefficient (Wildman–Crippen LogP) is 6.28. The Kier molecular flexibility index (Phi) is 6.83. The number of halogens is 4. The molecule has 1 aliphatic carbocycles. The average molecular weight is 495 g/mol. The second-order valence-electron chi connectivity index (χ2n) is 7.99. The van der Waals surface area contributed by atoms with Gasteiger partial charge in [-0.2, -0.15) is 13.2 Å². The van der Waals surface area contributed by atoms with E-state index in [1.165, 1.54) is 11.3 Å². The number of hydrogen-bond acceptors (Lipinski definition) is 7. The van der Waals surface area contributed by atoms with E-state index in [4.69, 9.17) is 4.74 Å². The molecule has 0 radical (unpaired) electrons. The van der Waals surface area contributed by atoms with Gasteiger partial charge < -0.3 is 10.1 Å². The summed E-state index contributed by atoms with van der Waals surface area (Å²) in [5.74, 6) is -0.749. The number of thiazole rings is 1. The van der Waals surface area contributed by atoms with E-state index in [1.54, 1.807) is 37.4 Å². The summed E-state index contributed by atoms with van der Waals surface area (Å²) < 4.78 is 59.4. The van der Waals surface area contributed by atoms with Crippen molar-refractivity contribution in [1.29, 1.82) is 0 Å². The first-order valence-electron chi connectivity index (χ1n) is 10.8. The third-order valence-corrected chi connectivity index (χ3v) is 6.86. The summed E-state index contributed by atoms with van der Waals surface area (Å²) in [6.45, 7) is 2.05. The van der Waals surface area contributed by atoms with E-state index in [2.05, 4.69) is 20.3 Å². The van der Waals surface area contributed by atoms with Gasteiger partial charge in [-0.15, -0.1) is 11.3 Å². The van der Waals surface area contributed by atoms with Crippen LogP contribution in [-0.2, 0) is 21.4 Å². The average Bonchev–Trinajstić information content (AvgIpc) is 3.31. The molecule has 1 N–H and O–H groups in total. The molecule has 2 heterocycles. The van der Waals surface area contributed by atoms with Crippen LogP contribution in [0.4, 0.5) is 29.2 Å². The summed E-state index contributed by atoms with van der Waals surface area (Å²) in [6.07, 6.45) is -0.761. The highest BCUT2D eigenvalue weighted by Crippen LogP contribution is 2.45. The summed E-state index contributed by atoms with van der Waals surface area (Å²) in [5.41, 5.74) is -1.44. The maximum Gasteiger partial charge on any atom is 0.433 e. The van der Waals surface area contributed by atoms with Crippen molar-refractivity contribution in [3.63, 3.8) is 0 Å². The molecule has 0 saturated heterocycles. The molecule has 1 aliphatic rings. The van der Waals surface area contributed by atoms with Crippen LogP contribution in [0.5, 0.6) is 0 Å². The molecule has 1 aromatic carbocycles. The van der Waals surface area contributed by atoms with Crippen LogP contribution in [0.25, 0.3) is 10.4 Å². The number of nitrogens with zero attached hydrogens (tertiary/aromatic N) is 3. The Labute approximate surface area is 197 Å². The molecule has 34 heavy (non-hydrogen) atoms.